The maximum atomic E-state index is 9.13. The molecule has 0 amide bonds. The van der Waals surface area contributed by atoms with Crippen LogP contribution in [-0.2, 0) is 4.74 Å². The van der Waals surface area contributed by atoms with E-state index >= 15 is 0 Å². The number of benzene rings is 1. The predicted octanol–water partition coefficient (Wildman–Crippen LogP) is 2.80. The van der Waals surface area contributed by atoms with E-state index in [1.54, 1.807) is 6.08 Å². The maximum absolute atomic E-state index is 9.13. The third-order valence-corrected chi connectivity index (χ3v) is 2.64. The summed E-state index contributed by atoms with van der Waals surface area (Å²) in [6.07, 6.45) is 2.74. The van der Waals surface area contributed by atoms with Gasteiger partial charge in [0.2, 0.25) is 5.90 Å². The summed E-state index contributed by atoms with van der Waals surface area (Å²) >= 11 is 0. The molecule has 3 heteroatoms. The summed E-state index contributed by atoms with van der Waals surface area (Å²) in [7, 11) is 0. The van der Waals surface area contributed by atoms with Crippen molar-refractivity contribution in [2.75, 3.05) is 6.61 Å². The second kappa shape index (κ2) is 5.31. The molecule has 0 N–H and O–H groups in total. The first-order chi connectivity index (χ1) is 8.33. The van der Waals surface area contributed by atoms with Crippen molar-refractivity contribution in [3.8, 4) is 6.07 Å². The first kappa shape index (κ1) is 11.4. The van der Waals surface area contributed by atoms with Gasteiger partial charge in [-0.2, -0.15) is 5.26 Å². The van der Waals surface area contributed by atoms with Crippen molar-refractivity contribution in [1.82, 2.24) is 0 Å². The van der Waals surface area contributed by atoms with Crippen LogP contribution in [0.5, 0.6) is 0 Å². The second-order valence-electron chi connectivity index (χ2n) is 3.89. The summed E-state index contributed by atoms with van der Waals surface area (Å²) in [5.74, 6) is 0.475. The van der Waals surface area contributed by atoms with Crippen molar-refractivity contribution in [1.29, 1.82) is 5.26 Å². The fourth-order valence-corrected chi connectivity index (χ4v) is 1.63. The largest absolute Gasteiger partial charge is 0.475 e. The lowest BCUT2D eigenvalue weighted by molar-refractivity contribution is 0.315. The molecule has 86 valence electrons. The van der Waals surface area contributed by atoms with Crippen LogP contribution in [0, 0.1) is 11.3 Å². The third kappa shape index (κ3) is 2.73. The van der Waals surface area contributed by atoms with Gasteiger partial charge in [-0.25, -0.2) is 4.99 Å². The zero-order valence-corrected chi connectivity index (χ0v) is 9.76. The number of rotatable bonds is 3. The minimum atomic E-state index is 0.192. The van der Waals surface area contributed by atoms with E-state index in [4.69, 9.17) is 10.00 Å². The summed E-state index contributed by atoms with van der Waals surface area (Å²) in [5.41, 5.74) is 1.47. The van der Waals surface area contributed by atoms with Gasteiger partial charge in [0.1, 0.15) is 18.2 Å². The highest BCUT2D eigenvalue weighted by Gasteiger charge is 2.20. The molecule has 0 aromatic heterocycles. The average molecular weight is 226 g/mol. The van der Waals surface area contributed by atoms with E-state index in [-0.39, 0.29) is 6.04 Å². The number of nitriles is 1. The molecule has 0 spiro atoms. The monoisotopic (exact) mass is 226 g/mol. The van der Waals surface area contributed by atoms with Crippen LogP contribution < -0.4 is 0 Å². The Kier molecular flexibility index (Phi) is 3.56. The molecule has 1 aliphatic heterocycles. The first-order valence-electron chi connectivity index (χ1n) is 5.71. The van der Waals surface area contributed by atoms with Crippen LogP contribution >= 0.6 is 0 Å². The zero-order chi connectivity index (χ0) is 12.1. The molecule has 2 rings (SSSR count). The molecule has 0 fully saturated rings. The maximum Gasteiger partial charge on any atom is 0.227 e. The number of ether oxygens (including phenoxy) is 1. The van der Waals surface area contributed by atoms with Crippen molar-refractivity contribution < 1.29 is 4.74 Å². The highest BCUT2D eigenvalue weighted by atomic mass is 16.5. The van der Waals surface area contributed by atoms with E-state index in [0.717, 1.165) is 12.0 Å². The van der Waals surface area contributed by atoms with E-state index < -0.39 is 0 Å². The minimum Gasteiger partial charge on any atom is -0.475 e. The van der Waals surface area contributed by atoms with Gasteiger partial charge < -0.3 is 4.74 Å². The van der Waals surface area contributed by atoms with Crippen molar-refractivity contribution >= 4 is 12.0 Å². The second-order valence-corrected chi connectivity index (χ2v) is 3.89. The molecular weight excluding hydrogens is 212 g/mol. The van der Waals surface area contributed by atoms with Crippen LogP contribution in [0.2, 0.25) is 0 Å². The number of hydrogen-bond acceptors (Lipinski definition) is 3. The van der Waals surface area contributed by atoms with Crippen LogP contribution in [0.1, 0.15) is 18.9 Å². The van der Waals surface area contributed by atoms with Crippen LogP contribution in [0.3, 0.4) is 0 Å². The molecule has 17 heavy (non-hydrogen) atoms. The lowest BCUT2D eigenvalue weighted by atomic mass is 10.1. The van der Waals surface area contributed by atoms with Gasteiger partial charge in [-0.15, -0.1) is 0 Å². The summed E-state index contributed by atoms with van der Waals surface area (Å²) in [4.78, 5) is 4.38. The minimum absolute atomic E-state index is 0.192. The quantitative estimate of drug-likeness (QED) is 0.744. The van der Waals surface area contributed by atoms with E-state index in [2.05, 4.69) is 18.0 Å². The Morgan fingerprint density at radius 2 is 2.29 bits per heavy atom. The Hall–Kier alpha value is -2.08. The van der Waals surface area contributed by atoms with Crippen LogP contribution in [-0.4, -0.2) is 18.5 Å². The fraction of sp³-hybridized carbons (Fsp3) is 0.286. The zero-order valence-electron chi connectivity index (χ0n) is 9.76. The molecule has 0 radical (unpaired) electrons. The van der Waals surface area contributed by atoms with Crippen LogP contribution in [0.15, 0.2) is 40.9 Å². The summed E-state index contributed by atoms with van der Waals surface area (Å²) in [6.45, 7) is 2.65. The fourth-order valence-electron chi connectivity index (χ4n) is 1.63. The highest BCUT2D eigenvalue weighted by Crippen LogP contribution is 2.15. The van der Waals surface area contributed by atoms with Gasteiger partial charge in [-0.05, 0) is 18.1 Å². The Labute approximate surface area is 101 Å². The molecule has 0 bridgehead atoms. The highest BCUT2D eigenvalue weighted by molar-refractivity contribution is 6.02. The molecule has 1 aromatic carbocycles. The van der Waals surface area contributed by atoms with Crippen molar-refractivity contribution in [3.05, 3.63) is 41.5 Å². The molecule has 1 aromatic rings. The van der Waals surface area contributed by atoms with E-state index in [0.29, 0.717) is 18.1 Å². The van der Waals surface area contributed by atoms with Gasteiger partial charge in [-0.3, -0.25) is 0 Å². The number of nitrogens with zero attached hydrogens (tertiary/aromatic N) is 2. The topological polar surface area (TPSA) is 45.4 Å². The van der Waals surface area contributed by atoms with Crippen molar-refractivity contribution in [3.63, 3.8) is 0 Å². The Morgan fingerprint density at radius 1 is 1.53 bits per heavy atom. The van der Waals surface area contributed by atoms with Crippen molar-refractivity contribution in [2.45, 2.75) is 19.4 Å². The molecule has 1 atom stereocenters. The van der Waals surface area contributed by atoms with Gasteiger partial charge in [-0.1, -0.05) is 37.3 Å². The van der Waals surface area contributed by atoms with Crippen LogP contribution in [0.25, 0.3) is 6.08 Å². The lowest BCUT2D eigenvalue weighted by Gasteiger charge is -1.99. The van der Waals surface area contributed by atoms with Crippen LogP contribution in [0.4, 0.5) is 0 Å². The number of hydrogen-bond donors (Lipinski definition) is 0. The normalized spacial score (nSPS) is 19.4. The van der Waals surface area contributed by atoms with Gasteiger partial charge in [0, 0.05) is 0 Å². The summed E-state index contributed by atoms with van der Waals surface area (Å²) in [5, 5.41) is 9.13. The lowest BCUT2D eigenvalue weighted by Crippen LogP contribution is -2.04. The van der Waals surface area contributed by atoms with Gasteiger partial charge in [0.05, 0.1) is 6.04 Å². The molecule has 0 saturated carbocycles. The predicted molar refractivity (Wildman–Crippen MR) is 67.5 cm³/mol. The molecule has 1 unspecified atom stereocenters. The molecule has 1 aliphatic rings. The average Bonchev–Trinajstić information content (AvgIpc) is 2.86. The van der Waals surface area contributed by atoms with E-state index in [9.17, 15) is 0 Å². The Morgan fingerprint density at radius 3 is 2.88 bits per heavy atom. The molecule has 0 saturated heterocycles. The standard InChI is InChI=1S/C14H14N2O/c1-2-13-10-17-14(16-13)12(9-15)8-11-6-4-3-5-7-11/h3-8,13H,2,10H2,1H3/b12-8+. The SMILES string of the molecule is CCC1COC(/C(C#N)=C/c2ccccc2)=N1. The Bertz CT molecular complexity index is 483. The third-order valence-electron chi connectivity index (χ3n) is 2.64. The number of aliphatic imine (C=N–C) groups is 1. The summed E-state index contributed by atoms with van der Waals surface area (Å²) in [6, 6.07) is 12.1. The Balaban J connectivity index is 2.24. The van der Waals surface area contributed by atoms with E-state index in [1.807, 2.05) is 30.3 Å². The van der Waals surface area contributed by atoms with Gasteiger partial charge in [0.25, 0.3) is 0 Å². The molecule has 0 aliphatic carbocycles. The van der Waals surface area contributed by atoms with E-state index in [1.165, 1.54) is 0 Å². The molecular formula is C14H14N2O. The first-order valence-corrected chi connectivity index (χ1v) is 5.71. The molecule has 3 nitrogen and oxygen atoms in total. The van der Waals surface area contributed by atoms with Gasteiger partial charge >= 0.3 is 0 Å². The smallest absolute Gasteiger partial charge is 0.227 e. The van der Waals surface area contributed by atoms with Crippen molar-refractivity contribution in [2.24, 2.45) is 4.99 Å². The summed E-state index contributed by atoms with van der Waals surface area (Å²) < 4.78 is 5.44. The van der Waals surface area contributed by atoms with Gasteiger partial charge in [0.15, 0.2) is 0 Å². The molecule has 1 heterocycles.